The molecule has 0 atom stereocenters. The summed E-state index contributed by atoms with van der Waals surface area (Å²) < 4.78 is 2.05. The van der Waals surface area contributed by atoms with Gasteiger partial charge in [0.05, 0.1) is 11.5 Å². The number of carbonyl (C=O) groups is 1. The molecule has 1 aromatic heterocycles. The van der Waals surface area contributed by atoms with Gasteiger partial charge < -0.3 is 9.47 Å². The summed E-state index contributed by atoms with van der Waals surface area (Å²) in [5.74, 6) is 1.29. The van der Waals surface area contributed by atoms with Crippen molar-refractivity contribution in [2.75, 3.05) is 11.4 Å². The van der Waals surface area contributed by atoms with Crippen molar-refractivity contribution in [3.8, 4) is 11.4 Å². The lowest BCUT2D eigenvalue weighted by Gasteiger charge is -2.29. The van der Waals surface area contributed by atoms with Crippen LogP contribution in [0, 0.1) is 10.1 Å². The van der Waals surface area contributed by atoms with Gasteiger partial charge >= 0.3 is 0 Å². The molecule has 0 amide bonds. The lowest BCUT2D eigenvalue weighted by Crippen LogP contribution is -2.34. The van der Waals surface area contributed by atoms with Gasteiger partial charge in [-0.3, -0.25) is 14.9 Å². The number of nitro groups is 1. The van der Waals surface area contributed by atoms with Crippen LogP contribution in [-0.4, -0.2) is 32.0 Å². The molecule has 2 heterocycles. The Balaban J connectivity index is 1.45. The molecule has 0 bridgehead atoms. The average Bonchev–Trinajstić information content (AvgIpc) is 3.27. The summed E-state index contributed by atoms with van der Waals surface area (Å²) in [7, 11) is 0. The third-order valence-corrected chi connectivity index (χ3v) is 5.60. The van der Waals surface area contributed by atoms with Crippen molar-refractivity contribution in [3.05, 3.63) is 106 Å². The molecule has 158 valence electrons. The van der Waals surface area contributed by atoms with E-state index in [2.05, 4.69) is 10.2 Å². The summed E-state index contributed by atoms with van der Waals surface area (Å²) in [4.78, 5) is 26.1. The number of hydrogen-bond acceptors (Lipinski definition) is 6. The molecule has 1 aliphatic rings. The summed E-state index contributed by atoms with van der Waals surface area (Å²) in [6.07, 6.45) is 0. The molecule has 0 radical (unpaired) electrons. The lowest BCUT2D eigenvalue weighted by molar-refractivity contribution is -0.384. The molecular weight excluding hydrogens is 406 g/mol. The van der Waals surface area contributed by atoms with E-state index in [0.29, 0.717) is 30.9 Å². The van der Waals surface area contributed by atoms with E-state index in [9.17, 15) is 14.9 Å². The normalized spacial score (nSPS) is 12.9. The number of ketones is 1. The summed E-state index contributed by atoms with van der Waals surface area (Å²) in [5.41, 5.74) is 2.14. The smallest absolute Gasteiger partial charge is 0.293 e. The molecule has 3 aromatic carbocycles. The molecule has 0 N–H and O–H groups in total. The number of anilines is 1. The van der Waals surface area contributed by atoms with E-state index in [-0.39, 0.29) is 17.0 Å². The second kappa shape index (κ2) is 8.07. The Morgan fingerprint density at radius 1 is 0.875 bits per heavy atom. The van der Waals surface area contributed by atoms with E-state index in [0.717, 1.165) is 17.2 Å². The second-order valence-corrected chi connectivity index (χ2v) is 7.53. The first-order chi connectivity index (χ1) is 15.6. The van der Waals surface area contributed by atoms with E-state index >= 15 is 0 Å². The number of aromatic nitrogens is 3. The minimum atomic E-state index is -0.439. The summed E-state index contributed by atoms with van der Waals surface area (Å²) in [6.45, 7) is 1.57. The predicted molar refractivity (Wildman–Crippen MR) is 119 cm³/mol. The van der Waals surface area contributed by atoms with E-state index in [1.54, 1.807) is 36.4 Å². The molecular formula is C24H19N5O3. The minimum absolute atomic E-state index is 0.0944. The number of hydrogen-bond donors (Lipinski definition) is 0. The van der Waals surface area contributed by atoms with Gasteiger partial charge in [0.1, 0.15) is 5.69 Å². The first-order valence-corrected chi connectivity index (χ1v) is 10.2. The Bertz CT molecular complexity index is 1300. The minimum Gasteiger partial charge on any atom is -0.357 e. The number of fused-ring (bicyclic) bond motifs is 1. The first-order valence-electron chi connectivity index (χ1n) is 10.2. The highest BCUT2D eigenvalue weighted by atomic mass is 16.6. The van der Waals surface area contributed by atoms with Gasteiger partial charge in [0.15, 0.2) is 17.4 Å². The van der Waals surface area contributed by atoms with Crippen LogP contribution in [0.15, 0.2) is 78.9 Å². The number of carbonyl (C=O) groups excluding carboxylic acids is 1. The van der Waals surface area contributed by atoms with Gasteiger partial charge in [-0.2, -0.15) is 0 Å². The lowest BCUT2D eigenvalue weighted by atomic mass is 10.0. The van der Waals surface area contributed by atoms with Crippen LogP contribution in [0.5, 0.6) is 0 Å². The van der Waals surface area contributed by atoms with E-state index < -0.39 is 4.92 Å². The molecule has 32 heavy (non-hydrogen) atoms. The Kier molecular flexibility index (Phi) is 4.95. The Morgan fingerprint density at radius 3 is 2.31 bits per heavy atom. The third-order valence-electron chi connectivity index (χ3n) is 5.60. The van der Waals surface area contributed by atoms with Crippen LogP contribution >= 0.6 is 0 Å². The van der Waals surface area contributed by atoms with Gasteiger partial charge in [0.2, 0.25) is 0 Å². The molecule has 0 unspecified atom stereocenters. The van der Waals surface area contributed by atoms with Crippen LogP contribution in [-0.2, 0) is 13.1 Å². The third kappa shape index (κ3) is 3.51. The van der Waals surface area contributed by atoms with Crippen LogP contribution < -0.4 is 4.90 Å². The van der Waals surface area contributed by atoms with Crippen molar-refractivity contribution in [2.45, 2.75) is 13.1 Å². The fourth-order valence-corrected chi connectivity index (χ4v) is 4.00. The van der Waals surface area contributed by atoms with Crippen LogP contribution in [0.25, 0.3) is 11.4 Å². The zero-order valence-electron chi connectivity index (χ0n) is 17.1. The number of nitro benzene ring substituents is 1. The van der Waals surface area contributed by atoms with Crippen molar-refractivity contribution in [2.24, 2.45) is 0 Å². The molecule has 8 nitrogen and oxygen atoms in total. The Morgan fingerprint density at radius 2 is 1.59 bits per heavy atom. The number of nitrogens with zero attached hydrogens (tertiary/aromatic N) is 5. The fraction of sp³-hybridized carbons (Fsp3) is 0.125. The van der Waals surface area contributed by atoms with Crippen molar-refractivity contribution < 1.29 is 9.72 Å². The highest BCUT2D eigenvalue weighted by molar-refractivity contribution is 6.09. The molecule has 8 heteroatoms. The van der Waals surface area contributed by atoms with Crippen molar-refractivity contribution >= 4 is 17.2 Å². The molecule has 0 spiro atoms. The van der Waals surface area contributed by atoms with Crippen LogP contribution in [0.4, 0.5) is 11.4 Å². The average molecular weight is 425 g/mol. The zero-order valence-corrected chi connectivity index (χ0v) is 17.1. The van der Waals surface area contributed by atoms with Crippen LogP contribution in [0.1, 0.15) is 21.7 Å². The van der Waals surface area contributed by atoms with Gasteiger partial charge in [-0.25, -0.2) is 0 Å². The van der Waals surface area contributed by atoms with Gasteiger partial charge in [0.25, 0.3) is 5.69 Å². The molecule has 0 fully saturated rings. The first kappa shape index (κ1) is 19.6. The van der Waals surface area contributed by atoms with Gasteiger partial charge in [0, 0.05) is 35.8 Å². The van der Waals surface area contributed by atoms with Gasteiger partial charge in [-0.15, -0.1) is 10.2 Å². The summed E-state index contributed by atoms with van der Waals surface area (Å²) in [6, 6.07) is 23.2. The largest absolute Gasteiger partial charge is 0.357 e. The van der Waals surface area contributed by atoms with Crippen molar-refractivity contribution in [1.82, 2.24) is 14.8 Å². The maximum Gasteiger partial charge on any atom is 0.293 e. The summed E-state index contributed by atoms with van der Waals surface area (Å²) in [5, 5.41) is 20.5. The van der Waals surface area contributed by atoms with Crippen molar-refractivity contribution in [1.29, 1.82) is 0 Å². The van der Waals surface area contributed by atoms with Crippen LogP contribution in [0.2, 0.25) is 0 Å². The van der Waals surface area contributed by atoms with E-state index in [1.807, 2.05) is 45.9 Å². The van der Waals surface area contributed by atoms with Gasteiger partial charge in [-0.1, -0.05) is 60.7 Å². The van der Waals surface area contributed by atoms with E-state index in [1.165, 1.54) is 6.07 Å². The number of benzene rings is 3. The topological polar surface area (TPSA) is 94.2 Å². The zero-order chi connectivity index (χ0) is 22.1. The van der Waals surface area contributed by atoms with Crippen LogP contribution in [0.3, 0.4) is 0 Å². The van der Waals surface area contributed by atoms with Gasteiger partial charge in [-0.05, 0) is 12.1 Å². The summed E-state index contributed by atoms with van der Waals surface area (Å²) >= 11 is 0. The molecule has 0 saturated carbocycles. The quantitative estimate of drug-likeness (QED) is 0.271. The fourth-order valence-electron chi connectivity index (χ4n) is 4.00. The molecule has 0 aliphatic carbocycles. The molecule has 5 rings (SSSR count). The molecule has 1 aliphatic heterocycles. The monoisotopic (exact) mass is 425 g/mol. The number of rotatable bonds is 5. The highest BCUT2D eigenvalue weighted by Gasteiger charge is 2.27. The molecule has 4 aromatic rings. The highest BCUT2D eigenvalue weighted by Crippen LogP contribution is 2.33. The maximum absolute atomic E-state index is 12.8. The Labute approximate surface area is 183 Å². The standard InChI is InChI=1S/C24H19N5O3/c30-23(17-7-3-1-4-8-17)19-11-12-20(21(15-19)29(31)32)27-13-14-28-22(16-27)25-26-24(28)18-9-5-2-6-10-18/h1-12,15H,13-14,16H2. The maximum atomic E-state index is 12.8. The van der Waals surface area contributed by atoms with E-state index in [4.69, 9.17) is 0 Å². The second-order valence-electron chi connectivity index (χ2n) is 7.53. The SMILES string of the molecule is O=C(c1ccccc1)c1ccc(N2CCn3c(nnc3-c3ccccc3)C2)c([N+](=O)[O-])c1. The molecule has 0 saturated heterocycles. The van der Waals surface area contributed by atoms with Crippen molar-refractivity contribution in [3.63, 3.8) is 0 Å². The Hall–Kier alpha value is -4.33. The predicted octanol–water partition coefficient (Wildman–Crippen LogP) is 4.10.